The highest BCUT2D eigenvalue weighted by atomic mass is 79.9. The molecule has 21 heavy (non-hydrogen) atoms. The number of carbonyl (C=O) groups is 1. The van der Waals surface area contributed by atoms with Crippen molar-refractivity contribution < 1.29 is 4.79 Å². The Bertz CT molecular complexity index is 708. The molecule has 0 N–H and O–H groups in total. The van der Waals surface area contributed by atoms with Gasteiger partial charge in [0.15, 0.2) is 0 Å². The summed E-state index contributed by atoms with van der Waals surface area (Å²) in [4.78, 5) is 16.1. The molecule has 0 unspecified atom stereocenters. The second-order valence-electron chi connectivity index (χ2n) is 5.45. The lowest BCUT2D eigenvalue weighted by Crippen LogP contribution is -2.36. The molecule has 3 nitrogen and oxygen atoms in total. The Hall–Kier alpha value is -1.20. The van der Waals surface area contributed by atoms with Gasteiger partial charge in [0, 0.05) is 33.9 Å². The van der Waals surface area contributed by atoms with E-state index < -0.39 is 0 Å². The van der Waals surface area contributed by atoms with Gasteiger partial charge >= 0.3 is 0 Å². The summed E-state index contributed by atoms with van der Waals surface area (Å²) in [5, 5.41) is 0. The van der Waals surface area contributed by atoms with Crippen LogP contribution < -0.4 is 4.90 Å². The Morgan fingerprint density at radius 1 is 1.29 bits per heavy atom. The summed E-state index contributed by atoms with van der Waals surface area (Å²) in [5.41, 5.74) is 1.84. The van der Waals surface area contributed by atoms with Crippen LogP contribution in [-0.4, -0.2) is 22.8 Å². The molecule has 2 aliphatic rings. The van der Waals surface area contributed by atoms with Gasteiger partial charge in [-0.1, -0.05) is 12.1 Å². The SMILES string of the molecule is O=C(c1cc(Br)cn1C1CC1)N1CCSc2ccccc21. The normalized spacial score (nSPS) is 17.7. The molecule has 4 rings (SSSR count). The van der Waals surface area contributed by atoms with Gasteiger partial charge in [0.25, 0.3) is 5.91 Å². The van der Waals surface area contributed by atoms with Crippen molar-refractivity contribution in [1.29, 1.82) is 0 Å². The first-order valence-corrected chi connectivity index (χ1v) is 8.93. The fourth-order valence-corrected chi connectivity index (χ4v) is 4.22. The van der Waals surface area contributed by atoms with Gasteiger partial charge in [-0.05, 0) is 47.0 Å². The van der Waals surface area contributed by atoms with E-state index in [2.05, 4.69) is 26.6 Å². The zero-order valence-electron chi connectivity index (χ0n) is 11.5. The molecule has 0 atom stereocenters. The molecule has 2 heterocycles. The smallest absolute Gasteiger partial charge is 0.275 e. The second kappa shape index (κ2) is 5.21. The minimum absolute atomic E-state index is 0.111. The summed E-state index contributed by atoms with van der Waals surface area (Å²) >= 11 is 5.33. The lowest BCUT2D eigenvalue weighted by Gasteiger charge is -2.29. The van der Waals surface area contributed by atoms with E-state index in [9.17, 15) is 4.79 Å². The van der Waals surface area contributed by atoms with Crippen LogP contribution in [0, 0.1) is 0 Å². The van der Waals surface area contributed by atoms with Crippen molar-refractivity contribution in [3.05, 3.63) is 46.7 Å². The molecule has 108 valence electrons. The topological polar surface area (TPSA) is 25.2 Å². The van der Waals surface area contributed by atoms with E-state index in [-0.39, 0.29) is 5.91 Å². The van der Waals surface area contributed by atoms with Crippen LogP contribution in [0.4, 0.5) is 5.69 Å². The lowest BCUT2D eigenvalue weighted by molar-refractivity contribution is 0.0978. The van der Waals surface area contributed by atoms with Gasteiger partial charge in [-0.15, -0.1) is 11.8 Å². The number of fused-ring (bicyclic) bond motifs is 1. The quantitative estimate of drug-likeness (QED) is 0.793. The Kier molecular flexibility index (Phi) is 3.34. The number of nitrogens with zero attached hydrogens (tertiary/aromatic N) is 2. The molecule has 0 spiro atoms. The minimum Gasteiger partial charge on any atom is -0.339 e. The fraction of sp³-hybridized carbons (Fsp3) is 0.312. The van der Waals surface area contributed by atoms with Crippen LogP contribution >= 0.6 is 27.7 Å². The second-order valence-corrected chi connectivity index (χ2v) is 7.51. The highest BCUT2D eigenvalue weighted by Gasteiger charge is 2.31. The summed E-state index contributed by atoms with van der Waals surface area (Å²) in [6.07, 6.45) is 4.39. The number of halogens is 1. The van der Waals surface area contributed by atoms with E-state index >= 15 is 0 Å². The Morgan fingerprint density at radius 2 is 2.10 bits per heavy atom. The third kappa shape index (κ3) is 2.42. The predicted molar refractivity (Wildman–Crippen MR) is 89.2 cm³/mol. The Balaban J connectivity index is 1.73. The summed E-state index contributed by atoms with van der Waals surface area (Å²) in [6, 6.07) is 10.6. The van der Waals surface area contributed by atoms with Gasteiger partial charge in [-0.3, -0.25) is 4.79 Å². The van der Waals surface area contributed by atoms with Crippen molar-refractivity contribution in [3.63, 3.8) is 0 Å². The van der Waals surface area contributed by atoms with E-state index in [1.165, 1.54) is 17.7 Å². The van der Waals surface area contributed by atoms with Gasteiger partial charge in [0.1, 0.15) is 5.69 Å². The molecule has 0 saturated heterocycles. The first-order valence-electron chi connectivity index (χ1n) is 7.15. The van der Waals surface area contributed by atoms with Crippen molar-refractivity contribution >= 4 is 39.3 Å². The monoisotopic (exact) mass is 362 g/mol. The fourth-order valence-electron chi connectivity index (χ4n) is 2.79. The van der Waals surface area contributed by atoms with Crippen LogP contribution in [0.2, 0.25) is 0 Å². The molecular formula is C16H15BrN2OS. The number of carbonyl (C=O) groups excluding carboxylic acids is 1. The third-order valence-corrected chi connectivity index (χ3v) is 5.42. The van der Waals surface area contributed by atoms with E-state index in [1.807, 2.05) is 47.1 Å². The number of thioether (sulfide) groups is 1. The van der Waals surface area contributed by atoms with Crippen LogP contribution in [0.5, 0.6) is 0 Å². The number of hydrogen-bond donors (Lipinski definition) is 0. The highest BCUT2D eigenvalue weighted by molar-refractivity contribution is 9.10. The molecule has 1 aliphatic carbocycles. The Labute approximate surface area is 136 Å². The van der Waals surface area contributed by atoms with Crippen molar-refractivity contribution in [1.82, 2.24) is 4.57 Å². The number of amides is 1. The zero-order valence-corrected chi connectivity index (χ0v) is 13.9. The highest BCUT2D eigenvalue weighted by Crippen LogP contribution is 2.39. The summed E-state index contributed by atoms with van der Waals surface area (Å²) in [6.45, 7) is 0.772. The van der Waals surface area contributed by atoms with E-state index in [1.54, 1.807) is 0 Å². The Morgan fingerprint density at radius 3 is 2.90 bits per heavy atom. The van der Waals surface area contributed by atoms with Crippen LogP contribution in [0.15, 0.2) is 45.9 Å². The predicted octanol–water partition coefficient (Wildman–Crippen LogP) is 4.34. The summed E-state index contributed by atoms with van der Waals surface area (Å²) in [7, 11) is 0. The molecule has 1 aromatic heterocycles. The zero-order chi connectivity index (χ0) is 14.4. The van der Waals surface area contributed by atoms with Crippen LogP contribution in [-0.2, 0) is 0 Å². The van der Waals surface area contributed by atoms with Gasteiger partial charge in [0.2, 0.25) is 0 Å². The maximum Gasteiger partial charge on any atom is 0.275 e. The van der Waals surface area contributed by atoms with Crippen LogP contribution in [0.25, 0.3) is 0 Å². The molecule has 0 radical (unpaired) electrons. The van der Waals surface area contributed by atoms with Gasteiger partial charge in [-0.25, -0.2) is 0 Å². The van der Waals surface area contributed by atoms with Crippen LogP contribution in [0.1, 0.15) is 29.4 Å². The molecular weight excluding hydrogens is 348 g/mol. The van der Waals surface area contributed by atoms with Gasteiger partial charge in [0.05, 0.1) is 5.69 Å². The van der Waals surface area contributed by atoms with E-state index in [0.29, 0.717) is 6.04 Å². The van der Waals surface area contributed by atoms with Gasteiger partial charge < -0.3 is 9.47 Å². The van der Waals surface area contributed by atoms with Crippen molar-refractivity contribution in [3.8, 4) is 0 Å². The molecule has 1 saturated carbocycles. The number of aromatic nitrogens is 1. The maximum atomic E-state index is 13.0. The first-order chi connectivity index (χ1) is 10.2. The number of para-hydroxylation sites is 1. The number of anilines is 1. The molecule has 0 bridgehead atoms. The maximum absolute atomic E-state index is 13.0. The standard InChI is InChI=1S/C16H15BrN2OS/c17-11-9-14(19(10-11)12-5-6-12)16(20)18-7-8-21-15-4-2-1-3-13(15)18/h1-4,9-10,12H,5-8H2. The van der Waals surface area contributed by atoms with E-state index in [0.717, 1.165) is 28.2 Å². The van der Waals surface area contributed by atoms with Gasteiger partial charge in [-0.2, -0.15) is 0 Å². The van der Waals surface area contributed by atoms with Crippen molar-refractivity contribution in [2.24, 2.45) is 0 Å². The molecule has 1 fully saturated rings. The lowest BCUT2D eigenvalue weighted by atomic mass is 10.2. The average Bonchev–Trinajstić information content (AvgIpc) is 3.28. The summed E-state index contributed by atoms with van der Waals surface area (Å²) in [5.74, 6) is 1.06. The number of hydrogen-bond acceptors (Lipinski definition) is 2. The van der Waals surface area contributed by atoms with Crippen molar-refractivity contribution in [2.45, 2.75) is 23.8 Å². The van der Waals surface area contributed by atoms with Crippen LogP contribution in [0.3, 0.4) is 0 Å². The van der Waals surface area contributed by atoms with Crippen molar-refractivity contribution in [2.75, 3.05) is 17.2 Å². The number of benzene rings is 1. The first kappa shape index (κ1) is 13.5. The largest absolute Gasteiger partial charge is 0.339 e. The molecule has 1 aliphatic heterocycles. The number of rotatable bonds is 2. The third-order valence-electron chi connectivity index (χ3n) is 3.95. The molecule has 5 heteroatoms. The minimum atomic E-state index is 0.111. The average molecular weight is 363 g/mol. The summed E-state index contributed by atoms with van der Waals surface area (Å²) < 4.78 is 3.12. The molecule has 1 amide bonds. The molecule has 1 aromatic carbocycles. The molecule has 2 aromatic rings. The van der Waals surface area contributed by atoms with E-state index in [4.69, 9.17) is 0 Å².